The molecule has 2 aliphatic rings. The lowest BCUT2D eigenvalue weighted by Crippen LogP contribution is -2.39. The molecule has 132 valence electrons. The van der Waals surface area contributed by atoms with Crippen LogP contribution in [0.2, 0.25) is 0 Å². The number of benzene rings is 1. The van der Waals surface area contributed by atoms with Crippen molar-refractivity contribution in [3.63, 3.8) is 0 Å². The fourth-order valence-corrected chi connectivity index (χ4v) is 5.12. The van der Waals surface area contributed by atoms with Crippen LogP contribution in [0.15, 0.2) is 46.6 Å². The number of rotatable bonds is 4. The number of aromatic nitrogens is 2. The van der Waals surface area contributed by atoms with Crippen molar-refractivity contribution >= 4 is 17.6 Å². The van der Waals surface area contributed by atoms with Gasteiger partial charge in [-0.15, -0.1) is 0 Å². The Morgan fingerprint density at radius 2 is 1.84 bits per heavy atom. The SMILES string of the molecule is CCc1cccc(Sc2cnc(N3CCC4(CCCC4)CC3)cn2)c1. The molecule has 0 amide bonds. The summed E-state index contributed by atoms with van der Waals surface area (Å²) >= 11 is 1.70. The van der Waals surface area contributed by atoms with Crippen molar-refractivity contribution in [3.05, 3.63) is 42.2 Å². The van der Waals surface area contributed by atoms with Crippen LogP contribution in [0.25, 0.3) is 0 Å². The van der Waals surface area contributed by atoms with E-state index in [0.717, 1.165) is 30.4 Å². The van der Waals surface area contributed by atoms with E-state index >= 15 is 0 Å². The van der Waals surface area contributed by atoms with Crippen LogP contribution >= 0.6 is 11.8 Å². The fraction of sp³-hybridized carbons (Fsp3) is 0.524. The maximum atomic E-state index is 4.70. The van der Waals surface area contributed by atoms with E-state index in [0.29, 0.717) is 5.41 Å². The van der Waals surface area contributed by atoms with Gasteiger partial charge in [-0.3, -0.25) is 0 Å². The average molecular weight is 354 g/mol. The van der Waals surface area contributed by atoms with E-state index in [1.165, 1.54) is 49.0 Å². The second-order valence-corrected chi connectivity index (χ2v) is 8.60. The lowest BCUT2D eigenvalue weighted by molar-refractivity contribution is 0.226. The minimum atomic E-state index is 0.657. The van der Waals surface area contributed by atoms with Crippen molar-refractivity contribution in [2.45, 2.75) is 61.8 Å². The summed E-state index contributed by atoms with van der Waals surface area (Å²) in [5.74, 6) is 1.04. The predicted molar refractivity (Wildman–Crippen MR) is 104 cm³/mol. The first-order chi connectivity index (χ1) is 12.3. The van der Waals surface area contributed by atoms with Crippen molar-refractivity contribution < 1.29 is 0 Å². The van der Waals surface area contributed by atoms with Gasteiger partial charge >= 0.3 is 0 Å². The molecule has 0 atom stereocenters. The van der Waals surface area contributed by atoms with Crippen LogP contribution in [0.5, 0.6) is 0 Å². The molecule has 4 heteroatoms. The zero-order chi connectivity index (χ0) is 17.1. The van der Waals surface area contributed by atoms with Crippen molar-refractivity contribution in [2.75, 3.05) is 18.0 Å². The molecule has 1 spiro atoms. The lowest BCUT2D eigenvalue weighted by Gasteiger charge is -2.39. The molecule has 2 aromatic rings. The van der Waals surface area contributed by atoms with Gasteiger partial charge in [0.1, 0.15) is 10.8 Å². The van der Waals surface area contributed by atoms with Gasteiger partial charge in [0, 0.05) is 18.0 Å². The maximum absolute atomic E-state index is 4.70. The molecule has 0 unspecified atom stereocenters. The number of anilines is 1. The number of aryl methyl sites for hydroxylation is 1. The Kier molecular flexibility index (Phi) is 4.98. The second kappa shape index (κ2) is 7.36. The molecule has 1 aliphatic carbocycles. The van der Waals surface area contributed by atoms with E-state index in [2.05, 4.69) is 41.1 Å². The summed E-state index contributed by atoms with van der Waals surface area (Å²) in [7, 11) is 0. The average Bonchev–Trinajstić information content (AvgIpc) is 3.11. The highest BCUT2D eigenvalue weighted by Gasteiger charge is 2.37. The van der Waals surface area contributed by atoms with Crippen molar-refractivity contribution in [3.8, 4) is 0 Å². The number of piperidine rings is 1. The van der Waals surface area contributed by atoms with Crippen LogP contribution in [0.1, 0.15) is 51.0 Å². The molecule has 4 rings (SSSR count). The molecule has 0 radical (unpaired) electrons. The second-order valence-electron chi connectivity index (χ2n) is 7.51. The molecule has 1 aromatic carbocycles. The highest BCUT2D eigenvalue weighted by Crippen LogP contribution is 2.46. The van der Waals surface area contributed by atoms with Crippen molar-refractivity contribution in [2.24, 2.45) is 5.41 Å². The smallest absolute Gasteiger partial charge is 0.147 e. The van der Waals surface area contributed by atoms with E-state index in [1.54, 1.807) is 11.8 Å². The molecular weight excluding hydrogens is 326 g/mol. The Hall–Kier alpha value is -1.55. The zero-order valence-corrected chi connectivity index (χ0v) is 15.9. The molecule has 3 nitrogen and oxygen atoms in total. The lowest BCUT2D eigenvalue weighted by atomic mass is 9.77. The third-order valence-corrected chi connectivity index (χ3v) is 6.87. The van der Waals surface area contributed by atoms with Gasteiger partial charge in [-0.05, 0) is 55.2 Å². The van der Waals surface area contributed by atoms with Crippen molar-refractivity contribution in [1.29, 1.82) is 0 Å². The molecule has 1 aromatic heterocycles. The van der Waals surface area contributed by atoms with Gasteiger partial charge in [0.05, 0.1) is 12.4 Å². The third-order valence-electron chi connectivity index (χ3n) is 5.96. The standard InChI is InChI=1S/C21H27N3S/c1-2-17-6-5-7-18(14-17)25-20-16-22-19(15-23-20)24-12-10-21(11-13-24)8-3-4-9-21/h5-7,14-16H,2-4,8-13H2,1H3. The van der Waals surface area contributed by atoms with Crippen molar-refractivity contribution in [1.82, 2.24) is 9.97 Å². The van der Waals surface area contributed by atoms with Gasteiger partial charge in [-0.2, -0.15) is 0 Å². The number of nitrogens with zero attached hydrogens (tertiary/aromatic N) is 3. The normalized spacial score (nSPS) is 19.5. The summed E-state index contributed by atoms with van der Waals surface area (Å²) in [5.41, 5.74) is 2.02. The zero-order valence-electron chi connectivity index (χ0n) is 15.1. The summed E-state index contributed by atoms with van der Waals surface area (Å²) in [6, 6.07) is 8.68. The molecule has 1 aliphatic heterocycles. The first kappa shape index (κ1) is 16.9. The number of hydrogen-bond acceptors (Lipinski definition) is 4. The molecular formula is C21H27N3S. The summed E-state index contributed by atoms with van der Waals surface area (Å²) in [6.07, 6.45) is 13.4. The van der Waals surface area contributed by atoms with E-state index in [9.17, 15) is 0 Å². The summed E-state index contributed by atoms with van der Waals surface area (Å²) in [5, 5.41) is 0.973. The number of hydrogen-bond donors (Lipinski definition) is 0. The Morgan fingerprint density at radius 3 is 2.52 bits per heavy atom. The predicted octanol–water partition coefficient (Wildman–Crippen LogP) is 5.35. The maximum Gasteiger partial charge on any atom is 0.147 e. The molecule has 2 heterocycles. The Labute approximate surface area is 155 Å². The topological polar surface area (TPSA) is 29.0 Å². The van der Waals surface area contributed by atoms with Gasteiger partial charge in [-0.1, -0.05) is 43.7 Å². The molecule has 2 fully saturated rings. The summed E-state index contributed by atoms with van der Waals surface area (Å²) in [6.45, 7) is 4.46. The van der Waals surface area contributed by atoms with E-state index in [-0.39, 0.29) is 0 Å². The van der Waals surface area contributed by atoms with Gasteiger partial charge in [0.15, 0.2) is 0 Å². The van der Waals surface area contributed by atoms with Gasteiger partial charge in [0.2, 0.25) is 0 Å². The Morgan fingerprint density at radius 1 is 1.04 bits per heavy atom. The highest BCUT2D eigenvalue weighted by molar-refractivity contribution is 7.99. The van der Waals surface area contributed by atoms with E-state index < -0.39 is 0 Å². The first-order valence-corrected chi connectivity index (χ1v) is 10.4. The van der Waals surface area contributed by atoms with Crippen LogP contribution < -0.4 is 4.90 Å². The van der Waals surface area contributed by atoms with E-state index in [4.69, 9.17) is 4.98 Å². The minimum absolute atomic E-state index is 0.657. The van der Waals surface area contributed by atoms with Gasteiger partial charge in [0.25, 0.3) is 0 Å². The van der Waals surface area contributed by atoms with Gasteiger partial charge in [-0.25, -0.2) is 9.97 Å². The largest absolute Gasteiger partial charge is 0.355 e. The van der Waals surface area contributed by atoms with Crippen LogP contribution in [0, 0.1) is 5.41 Å². The van der Waals surface area contributed by atoms with E-state index in [1.807, 2.05) is 12.4 Å². The molecule has 25 heavy (non-hydrogen) atoms. The molecule has 1 saturated carbocycles. The molecule has 0 bridgehead atoms. The summed E-state index contributed by atoms with van der Waals surface area (Å²) < 4.78 is 0. The van der Waals surface area contributed by atoms with Crippen LogP contribution in [-0.4, -0.2) is 23.1 Å². The van der Waals surface area contributed by atoms with Crippen LogP contribution in [-0.2, 0) is 6.42 Å². The Balaban J connectivity index is 1.38. The highest BCUT2D eigenvalue weighted by atomic mass is 32.2. The minimum Gasteiger partial charge on any atom is -0.355 e. The third kappa shape index (κ3) is 3.84. The first-order valence-electron chi connectivity index (χ1n) is 9.60. The molecule has 0 N–H and O–H groups in total. The Bertz CT molecular complexity index is 697. The quantitative estimate of drug-likeness (QED) is 0.741. The summed E-state index contributed by atoms with van der Waals surface area (Å²) in [4.78, 5) is 13.0. The fourth-order valence-electron chi connectivity index (χ4n) is 4.31. The van der Waals surface area contributed by atoms with Gasteiger partial charge < -0.3 is 4.90 Å². The molecule has 1 saturated heterocycles. The van der Waals surface area contributed by atoms with Crippen LogP contribution in [0.4, 0.5) is 5.82 Å². The monoisotopic (exact) mass is 353 g/mol. The van der Waals surface area contributed by atoms with Crippen LogP contribution in [0.3, 0.4) is 0 Å².